The predicted molar refractivity (Wildman–Crippen MR) is 193 cm³/mol. The van der Waals surface area contributed by atoms with Gasteiger partial charge >= 0.3 is 6.09 Å². The van der Waals surface area contributed by atoms with Crippen LogP contribution in [0, 0.1) is 6.92 Å². The molecule has 252 valence electrons. The van der Waals surface area contributed by atoms with E-state index >= 15 is 0 Å². The highest BCUT2D eigenvalue weighted by molar-refractivity contribution is 9.10. The van der Waals surface area contributed by atoms with Crippen LogP contribution in [0.5, 0.6) is 5.88 Å². The minimum Gasteiger partial charge on any atom is -0.475 e. The zero-order valence-corrected chi connectivity index (χ0v) is 30.3. The summed E-state index contributed by atoms with van der Waals surface area (Å²) in [6.07, 6.45) is 9.00. The largest absolute Gasteiger partial charge is 0.475 e. The number of aromatic nitrogens is 2. The fourth-order valence-electron chi connectivity index (χ4n) is 8.87. The average Bonchev–Trinajstić information content (AvgIpc) is 3.70. The number of benzene rings is 2. The molecule has 8 nitrogen and oxygen atoms in total. The molecule has 0 spiro atoms. The average molecular weight is 714 g/mol. The van der Waals surface area contributed by atoms with Crippen molar-refractivity contribution in [2.75, 3.05) is 33.3 Å². The quantitative estimate of drug-likeness (QED) is 0.200. The Labute approximate surface area is 290 Å². The van der Waals surface area contributed by atoms with E-state index in [4.69, 9.17) is 14.5 Å². The van der Waals surface area contributed by atoms with Gasteiger partial charge in [0.2, 0.25) is 11.3 Å². The Morgan fingerprint density at radius 3 is 2.73 bits per heavy atom. The maximum absolute atomic E-state index is 14.2. The topological polar surface area (TPSA) is 76.9 Å². The molecule has 2 aromatic heterocycles. The molecule has 2 aromatic carbocycles. The summed E-state index contributed by atoms with van der Waals surface area (Å²) in [5.41, 5.74) is 9.17. The SMILES string of the molecule is Cc1cc2c(nc(OCC3CCCN3C)c3c(=O)c(Br)cn(C4CCN(C(=O)OC(C)(C)C)C4)c32)c2c1-c1cccc3c1C(CCC3)C2. The van der Waals surface area contributed by atoms with E-state index in [9.17, 15) is 9.59 Å². The summed E-state index contributed by atoms with van der Waals surface area (Å²) in [7, 11) is 2.14. The lowest BCUT2D eigenvalue weighted by molar-refractivity contribution is 0.0289. The lowest BCUT2D eigenvalue weighted by atomic mass is 9.70. The normalized spacial score (nSPS) is 22.3. The monoisotopic (exact) mass is 712 g/mol. The molecule has 8 rings (SSSR count). The summed E-state index contributed by atoms with van der Waals surface area (Å²) in [5.74, 6) is 0.870. The van der Waals surface area contributed by atoms with E-state index in [1.807, 2.05) is 27.0 Å². The van der Waals surface area contributed by atoms with Crippen molar-refractivity contribution >= 4 is 43.8 Å². The van der Waals surface area contributed by atoms with Gasteiger partial charge in [0.1, 0.15) is 17.6 Å². The first-order valence-corrected chi connectivity index (χ1v) is 18.4. The second kappa shape index (κ2) is 11.9. The Morgan fingerprint density at radius 1 is 1.12 bits per heavy atom. The Morgan fingerprint density at radius 2 is 1.96 bits per heavy atom. The number of hydrogen-bond acceptors (Lipinski definition) is 6. The second-order valence-electron chi connectivity index (χ2n) is 15.4. The van der Waals surface area contributed by atoms with E-state index in [1.54, 1.807) is 4.90 Å². The number of amides is 1. The Kier molecular flexibility index (Phi) is 7.87. The van der Waals surface area contributed by atoms with E-state index < -0.39 is 5.60 Å². The van der Waals surface area contributed by atoms with E-state index in [0.29, 0.717) is 41.4 Å². The zero-order valence-electron chi connectivity index (χ0n) is 28.7. The number of likely N-dealkylation sites (N-methyl/N-ethyl adjacent to an activating group) is 1. The van der Waals surface area contributed by atoms with Gasteiger partial charge in [0.25, 0.3) is 0 Å². The number of carbonyl (C=O) groups is 1. The number of carbonyl (C=O) groups excluding carboxylic acids is 1. The number of nitrogens with zero attached hydrogens (tertiary/aromatic N) is 4. The molecule has 1 amide bonds. The third-order valence-electron chi connectivity index (χ3n) is 11.1. The minimum absolute atomic E-state index is 0.0469. The van der Waals surface area contributed by atoms with Crippen LogP contribution in [-0.2, 0) is 17.6 Å². The second-order valence-corrected chi connectivity index (χ2v) is 16.3. The Bertz CT molecular complexity index is 2030. The smallest absolute Gasteiger partial charge is 0.410 e. The number of pyridine rings is 2. The number of hydrogen-bond donors (Lipinski definition) is 0. The summed E-state index contributed by atoms with van der Waals surface area (Å²) in [6.45, 7) is 10.5. The standard InChI is InChI=1S/C39H45BrN4O4/c1-22-17-29-34(28-18-24-11-6-9-23-10-7-13-27(31(22)28)32(23)24)41-37(47-21-26-12-8-15-42(26)5)33-35(29)44(20-30(40)36(33)45)25-14-16-43(19-25)38(46)48-39(2,3)4/h7,10,13,17,20,24-26H,6,8-9,11-12,14-16,18-19,21H2,1-5H3. The van der Waals surface area contributed by atoms with Crippen molar-refractivity contribution in [1.29, 1.82) is 0 Å². The molecule has 4 aromatic rings. The highest BCUT2D eigenvalue weighted by atomic mass is 79.9. The fraction of sp³-hybridized carbons (Fsp3) is 0.513. The van der Waals surface area contributed by atoms with Crippen LogP contribution < -0.4 is 10.2 Å². The van der Waals surface area contributed by atoms with Gasteiger partial charge in [-0.15, -0.1) is 0 Å². The van der Waals surface area contributed by atoms with E-state index in [0.717, 1.165) is 55.1 Å². The minimum atomic E-state index is -0.571. The first-order valence-electron chi connectivity index (χ1n) is 17.6. The number of halogens is 1. The lowest BCUT2D eigenvalue weighted by Crippen LogP contribution is -2.35. The van der Waals surface area contributed by atoms with Crippen molar-refractivity contribution in [2.45, 2.75) is 96.2 Å². The molecule has 48 heavy (non-hydrogen) atoms. The van der Waals surface area contributed by atoms with Gasteiger partial charge in [0.15, 0.2) is 0 Å². The zero-order chi connectivity index (χ0) is 33.5. The van der Waals surface area contributed by atoms with Gasteiger partial charge in [0, 0.05) is 30.7 Å². The molecule has 4 aliphatic rings. The molecule has 0 N–H and O–H groups in total. The molecular weight excluding hydrogens is 668 g/mol. The van der Waals surface area contributed by atoms with Crippen molar-refractivity contribution in [3.8, 4) is 17.0 Å². The van der Waals surface area contributed by atoms with Crippen molar-refractivity contribution < 1.29 is 14.3 Å². The summed E-state index contributed by atoms with van der Waals surface area (Å²) < 4.78 is 15.1. The maximum atomic E-state index is 14.2. The van der Waals surface area contributed by atoms with Gasteiger partial charge in [0.05, 0.1) is 21.5 Å². The van der Waals surface area contributed by atoms with Gasteiger partial charge in [-0.25, -0.2) is 9.78 Å². The van der Waals surface area contributed by atoms with Gasteiger partial charge in [-0.2, -0.15) is 0 Å². The van der Waals surface area contributed by atoms with E-state index in [2.05, 4.69) is 63.6 Å². The highest BCUT2D eigenvalue weighted by Gasteiger charge is 2.35. The maximum Gasteiger partial charge on any atom is 0.410 e. The molecule has 0 saturated carbocycles. The highest BCUT2D eigenvalue weighted by Crippen LogP contribution is 2.50. The van der Waals surface area contributed by atoms with Gasteiger partial charge in [-0.3, -0.25) is 4.79 Å². The molecule has 3 unspecified atom stereocenters. The van der Waals surface area contributed by atoms with Crippen LogP contribution in [0.4, 0.5) is 4.79 Å². The molecular formula is C39H45BrN4O4. The van der Waals surface area contributed by atoms with Crippen LogP contribution in [0.15, 0.2) is 39.7 Å². The molecule has 3 atom stereocenters. The summed E-state index contributed by atoms with van der Waals surface area (Å²) in [5, 5.41) is 1.48. The predicted octanol–water partition coefficient (Wildman–Crippen LogP) is 7.92. The van der Waals surface area contributed by atoms with E-state index in [1.165, 1.54) is 46.2 Å². The molecule has 9 heteroatoms. The summed E-state index contributed by atoms with van der Waals surface area (Å²) >= 11 is 3.62. The lowest BCUT2D eigenvalue weighted by Gasteiger charge is -2.35. The first-order chi connectivity index (χ1) is 23.0. The summed E-state index contributed by atoms with van der Waals surface area (Å²) in [6, 6.07) is 9.28. The third-order valence-corrected chi connectivity index (χ3v) is 11.7. The molecule has 4 heterocycles. The van der Waals surface area contributed by atoms with Gasteiger partial charge in [-0.05, 0) is 148 Å². The molecule has 2 saturated heterocycles. The van der Waals surface area contributed by atoms with Crippen LogP contribution in [0.25, 0.3) is 32.9 Å². The van der Waals surface area contributed by atoms with Crippen molar-refractivity contribution in [1.82, 2.24) is 19.4 Å². The van der Waals surface area contributed by atoms with E-state index in [-0.39, 0.29) is 23.6 Å². The number of likely N-dealkylation sites (tertiary alicyclic amines) is 2. The number of fused-ring (bicyclic) bond motifs is 6. The fourth-order valence-corrected chi connectivity index (χ4v) is 9.29. The molecule has 2 aliphatic heterocycles. The van der Waals surface area contributed by atoms with Crippen molar-refractivity contribution in [3.63, 3.8) is 0 Å². The van der Waals surface area contributed by atoms with Crippen LogP contribution in [0.2, 0.25) is 0 Å². The van der Waals surface area contributed by atoms with Crippen molar-refractivity contribution in [2.24, 2.45) is 0 Å². The Balaban J connectivity index is 1.35. The first kappa shape index (κ1) is 31.8. The number of rotatable bonds is 4. The number of aryl methyl sites for hydroxylation is 2. The number of ether oxygens (including phenoxy) is 2. The van der Waals surface area contributed by atoms with Crippen LogP contribution in [-0.4, -0.2) is 70.4 Å². The Hall–Kier alpha value is -3.43. The third kappa shape index (κ3) is 5.32. The summed E-state index contributed by atoms with van der Waals surface area (Å²) in [4.78, 5) is 36.7. The van der Waals surface area contributed by atoms with Crippen molar-refractivity contribution in [3.05, 3.63) is 67.4 Å². The molecule has 0 bridgehead atoms. The van der Waals surface area contributed by atoms with Gasteiger partial charge < -0.3 is 23.8 Å². The van der Waals surface area contributed by atoms with Crippen LogP contribution >= 0.6 is 15.9 Å². The molecule has 2 aliphatic carbocycles. The molecule has 2 fully saturated rings. The van der Waals surface area contributed by atoms with Gasteiger partial charge in [-0.1, -0.05) is 18.2 Å². The van der Waals surface area contributed by atoms with Crippen LogP contribution in [0.1, 0.15) is 87.1 Å². The van der Waals surface area contributed by atoms with Crippen LogP contribution in [0.3, 0.4) is 0 Å². The molecule has 0 radical (unpaired) electrons.